The maximum absolute atomic E-state index is 12.1. The van der Waals surface area contributed by atoms with Crippen molar-refractivity contribution in [2.75, 3.05) is 12.5 Å². The number of esters is 1. The van der Waals surface area contributed by atoms with Gasteiger partial charge in [-0.15, -0.1) is 11.6 Å². The molecule has 0 bridgehead atoms. The zero-order chi connectivity index (χ0) is 15.4. The summed E-state index contributed by atoms with van der Waals surface area (Å²) in [4.78, 5) is 23.8. The number of alkyl halides is 1. The minimum atomic E-state index is -0.674. The summed E-state index contributed by atoms with van der Waals surface area (Å²) in [5.41, 5.74) is 1.22. The SMILES string of the molecule is CCOC(=O)C1=C(CCl)NC(=O)N[C@@H]1c1ccc(O)cc1. The van der Waals surface area contributed by atoms with Crippen LogP contribution >= 0.6 is 11.6 Å². The number of hydrogen-bond donors (Lipinski definition) is 3. The molecular weight excluding hydrogens is 296 g/mol. The molecule has 0 fully saturated rings. The molecule has 0 saturated carbocycles. The molecule has 0 saturated heterocycles. The van der Waals surface area contributed by atoms with Crippen LogP contribution < -0.4 is 10.6 Å². The van der Waals surface area contributed by atoms with Gasteiger partial charge in [0.1, 0.15) is 5.75 Å². The zero-order valence-electron chi connectivity index (χ0n) is 11.4. The van der Waals surface area contributed by atoms with Crippen LogP contribution in [0.1, 0.15) is 18.5 Å². The van der Waals surface area contributed by atoms with Gasteiger partial charge in [0.15, 0.2) is 0 Å². The molecule has 1 aliphatic rings. The Morgan fingerprint density at radius 3 is 2.62 bits per heavy atom. The quantitative estimate of drug-likeness (QED) is 0.584. The molecular formula is C14H15ClN2O4. The zero-order valence-corrected chi connectivity index (χ0v) is 12.1. The molecule has 2 rings (SSSR count). The summed E-state index contributed by atoms with van der Waals surface area (Å²) in [7, 11) is 0. The second kappa shape index (κ2) is 6.49. The first kappa shape index (κ1) is 15.2. The van der Waals surface area contributed by atoms with E-state index < -0.39 is 18.0 Å². The topological polar surface area (TPSA) is 87.7 Å². The maximum atomic E-state index is 12.1. The Kier molecular flexibility index (Phi) is 4.70. The van der Waals surface area contributed by atoms with Crippen molar-refractivity contribution in [3.8, 4) is 5.75 Å². The van der Waals surface area contributed by atoms with Crippen molar-refractivity contribution in [3.05, 3.63) is 41.1 Å². The van der Waals surface area contributed by atoms with E-state index in [2.05, 4.69) is 10.6 Å². The summed E-state index contributed by atoms with van der Waals surface area (Å²) in [5, 5.41) is 14.5. The fourth-order valence-corrected chi connectivity index (χ4v) is 2.30. The molecule has 3 N–H and O–H groups in total. The molecule has 1 atom stereocenters. The van der Waals surface area contributed by atoms with Gasteiger partial charge in [-0.05, 0) is 24.6 Å². The van der Waals surface area contributed by atoms with Crippen LogP contribution in [0.5, 0.6) is 5.75 Å². The average Bonchev–Trinajstić information content (AvgIpc) is 2.47. The van der Waals surface area contributed by atoms with Crippen molar-refractivity contribution in [2.24, 2.45) is 0 Å². The van der Waals surface area contributed by atoms with Crippen molar-refractivity contribution >= 4 is 23.6 Å². The second-order valence-electron chi connectivity index (χ2n) is 4.37. The lowest BCUT2D eigenvalue weighted by molar-refractivity contribution is -0.139. The molecule has 1 aromatic carbocycles. The molecule has 0 spiro atoms. The van der Waals surface area contributed by atoms with Crippen LogP contribution in [0.25, 0.3) is 0 Å². The van der Waals surface area contributed by atoms with Crippen LogP contribution in [-0.2, 0) is 9.53 Å². The fraction of sp³-hybridized carbons (Fsp3) is 0.286. The monoisotopic (exact) mass is 310 g/mol. The standard InChI is InChI=1S/C14H15ClN2O4/c1-2-21-13(19)11-10(7-15)16-14(20)17-12(11)8-3-5-9(18)6-4-8/h3-6,12,18H,2,7H2,1H3,(H2,16,17,20)/t12-/m1/s1. The summed E-state index contributed by atoms with van der Waals surface area (Å²) >= 11 is 5.81. The van der Waals surface area contributed by atoms with Gasteiger partial charge >= 0.3 is 12.0 Å². The van der Waals surface area contributed by atoms with Crippen molar-refractivity contribution in [1.82, 2.24) is 10.6 Å². The maximum Gasteiger partial charge on any atom is 0.338 e. The molecule has 1 aliphatic heterocycles. The summed E-state index contributed by atoms with van der Waals surface area (Å²) in [6.45, 7) is 1.91. The number of ether oxygens (including phenoxy) is 1. The van der Waals surface area contributed by atoms with E-state index in [1.54, 1.807) is 19.1 Å². The van der Waals surface area contributed by atoms with E-state index in [0.717, 1.165) is 0 Å². The first-order chi connectivity index (χ1) is 10.1. The van der Waals surface area contributed by atoms with Gasteiger partial charge < -0.3 is 20.5 Å². The first-order valence-electron chi connectivity index (χ1n) is 6.39. The molecule has 0 aromatic heterocycles. The molecule has 1 heterocycles. The van der Waals surface area contributed by atoms with E-state index in [4.69, 9.17) is 16.3 Å². The van der Waals surface area contributed by atoms with Crippen molar-refractivity contribution in [1.29, 1.82) is 0 Å². The highest BCUT2D eigenvalue weighted by Gasteiger charge is 2.33. The lowest BCUT2D eigenvalue weighted by Crippen LogP contribution is -2.46. The average molecular weight is 311 g/mol. The van der Waals surface area contributed by atoms with Crippen molar-refractivity contribution < 1.29 is 19.4 Å². The Balaban J connectivity index is 2.46. The Morgan fingerprint density at radius 2 is 2.05 bits per heavy atom. The van der Waals surface area contributed by atoms with E-state index in [1.165, 1.54) is 12.1 Å². The number of phenolic OH excluding ortho intramolecular Hbond substituents is 1. The fourth-order valence-electron chi connectivity index (χ4n) is 2.09. The van der Waals surface area contributed by atoms with E-state index in [9.17, 15) is 14.7 Å². The number of phenols is 1. The molecule has 2 amide bonds. The predicted octanol–water partition coefficient (Wildman–Crippen LogP) is 1.80. The summed E-state index contributed by atoms with van der Waals surface area (Å²) in [6.07, 6.45) is 0. The predicted molar refractivity (Wildman–Crippen MR) is 76.9 cm³/mol. The molecule has 0 radical (unpaired) electrons. The van der Waals surface area contributed by atoms with Crippen LogP contribution in [-0.4, -0.2) is 29.6 Å². The van der Waals surface area contributed by atoms with E-state index >= 15 is 0 Å². The molecule has 112 valence electrons. The summed E-state index contributed by atoms with van der Waals surface area (Å²) < 4.78 is 5.03. The van der Waals surface area contributed by atoms with E-state index in [0.29, 0.717) is 11.3 Å². The number of halogens is 1. The highest BCUT2D eigenvalue weighted by Crippen LogP contribution is 2.29. The van der Waals surface area contributed by atoms with Crippen LogP contribution in [0.2, 0.25) is 0 Å². The van der Waals surface area contributed by atoms with Crippen LogP contribution in [0, 0.1) is 0 Å². The smallest absolute Gasteiger partial charge is 0.338 e. The Hall–Kier alpha value is -2.21. The first-order valence-corrected chi connectivity index (χ1v) is 6.92. The van der Waals surface area contributed by atoms with Gasteiger partial charge in [-0.25, -0.2) is 9.59 Å². The van der Waals surface area contributed by atoms with E-state index in [1.807, 2.05) is 0 Å². The van der Waals surface area contributed by atoms with Gasteiger partial charge in [-0.2, -0.15) is 0 Å². The minimum absolute atomic E-state index is 0.0177. The van der Waals surface area contributed by atoms with Crippen LogP contribution in [0.15, 0.2) is 35.5 Å². The highest BCUT2D eigenvalue weighted by molar-refractivity contribution is 6.20. The van der Waals surface area contributed by atoms with Gasteiger partial charge in [0.05, 0.1) is 24.1 Å². The Bertz CT molecular complexity index is 583. The van der Waals surface area contributed by atoms with Gasteiger partial charge in [0.25, 0.3) is 0 Å². The van der Waals surface area contributed by atoms with Crippen molar-refractivity contribution in [3.63, 3.8) is 0 Å². The number of allylic oxidation sites excluding steroid dienone is 1. The number of aromatic hydroxyl groups is 1. The van der Waals surface area contributed by atoms with E-state index in [-0.39, 0.29) is 23.8 Å². The normalized spacial score (nSPS) is 18.0. The third kappa shape index (κ3) is 3.28. The van der Waals surface area contributed by atoms with Gasteiger partial charge in [-0.1, -0.05) is 12.1 Å². The Labute approximate surface area is 126 Å². The number of nitrogens with one attached hydrogen (secondary N) is 2. The Morgan fingerprint density at radius 1 is 1.38 bits per heavy atom. The lowest BCUT2D eigenvalue weighted by Gasteiger charge is -2.28. The number of urea groups is 1. The molecule has 0 unspecified atom stereocenters. The second-order valence-corrected chi connectivity index (χ2v) is 4.64. The summed E-state index contributed by atoms with van der Waals surface area (Å²) in [5.74, 6) is -0.465. The molecule has 6 nitrogen and oxygen atoms in total. The van der Waals surface area contributed by atoms with Crippen LogP contribution in [0.4, 0.5) is 4.79 Å². The molecule has 1 aromatic rings. The molecule has 7 heteroatoms. The number of carbonyl (C=O) groups excluding carboxylic acids is 2. The van der Waals surface area contributed by atoms with Gasteiger partial charge in [0, 0.05) is 5.70 Å². The lowest BCUT2D eigenvalue weighted by atomic mass is 9.95. The third-order valence-electron chi connectivity index (χ3n) is 3.01. The number of rotatable bonds is 4. The number of amides is 2. The third-order valence-corrected chi connectivity index (χ3v) is 3.28. The number of carbonyl (C=O) groups is 2. The van der Waals surface area contributed by atoms with Gasteiger partial charge in [0.2, 0.25) is 0 Å². The highest BCUT2D eigenvalue weighted by atomic mass is 35.5. The largest absolute Gasteiger partial charge is 0.508 e. The summed E-state index contributed by atoms with van der Waals surface area (Å²) in [6, 6.07) is 5.08. The molecule has 0 aliphatic carbocycles. The number of hydrogen-bond acceptors (Lipinski definition) is 4. The minimum Gasteiger partial charge on any atom is -0.508 e. The van der Waals surface area contributed by atoms with Crippen molar-refractivity contribution in [2.45, 2.75) is 13.0 Å². The number of benzene rings is 1. The van der Waals surface area contributed by atoms with Crippen LogP contribution in [0.3, 0.4) is 0 Å². The van der Waals surface area contributed by atoms with Gasteiger partial charge in [-0.3, -0.25) is 0 Å². The molecule has 21 heavy (non-hydrogen) atoms.